The molecule has 4 aromatic rings. The van der Waals surface area contributed by atoms with Crippen molar-refractivity contribution in [3.8, 4) is 11.5 Å². The van der Waals surface area contributed by atoms with E-state index < -0.39 is 5.78 Å². The quantitative estimate of drug-likeness (QED) is 0.483. The first-order chi connectivity index (χ1) is 11.5. The lowest BCUT2D eigenvalue weighted by molar-refractivity contribution is 0.0987. The summed E-state index contributed by atoms with van der Waals surface area (Å²) in [5.74, 6) is -0.919. The number of hydrogen-bond donors (Lipinski definition) is 2. The lowest BCUT2D eigenvalue weighted by atomic mass is 10.2. The van der Waals surface area contributed by atoms with E-state index >= 15 is 0 Å². The van der Waals surface area contributed by atoms with Gasteiger partial charge in [0.2, 0.25) is 0 Å². The highest BCUT2D eigenvalue weighted by atomic mass is 35.5. The van der Waals surface area contributed by atoms with Crippen LogP contribution in [0.15, 0.2) is 45.2 Å². The number of halogens is 2. The summed E-state index contributed by atoms with van der Waals surface area (Å²) in [4.78, 5) is 12.6. The van der Waals surface area contributed by atoms with Crippen molar-refractivity contribution in [3.63, 3.8) is 0 Å². The van der Waals surface area contributed by atoms with Gasteiger partial charge in [0.1, 0.15) is 0 Å². The Morgan fingerprint density at radius 2 is 1.21 bits per heavy atom. The fourth-order valence-electron chi connectivity index (χ4n) is 2.50. The highest BCUT2D eigenvalue weighted by Gasteiger charge is 2.22. The summed E-state index contributed by atoms with van der Waals surface area (Å²) in [6, 6.07) is 8.61. The minimum Gasteiger partial charge on any atom is -0.504 e. The van der Waals surface area contributed by atoms with E-state index in [9.17, 15) is 15.0 Å². The second-order valence-electron chi connectivity index (χ2n) is 5.17. The molecule has 0 saturated heterocycles. The van der Waals surface area contributed by atoms with Crippen LogP contribution >= 0.6 is 23.2 Å². The molecule has 7 heteroatoms. The third-order valence-electron chi connectivity index (χ3n) is 3.67. The number of carbonyl (C=O) groups excluding carboxylic acids is 1. The summed E-state index contributed by atoms with van der Waals surface area (Å²) in [7, 11) is 0. The van der Waals surface area contributed by atoms with Crippen LogP contribution in [-0.2, 0) is 0 Å². The van der Waals surface area contributed by atoms with E-state index in [0.717, 1.165) is 0 Å². The summed E-state index contributed by atoms with van der Waals surface area (Å²) in [5, 5.41) is 21.1. The second kappa shape index (κ2) is 5.19. The van der Waals surface area contributed by atoms with E-state index in [0.29, 0.717) is 20.8 Å². The van der Waals surface area contributed by atoms with Crippen LogP contribution in [0.1, 0.15) is 16.3 Å². The molecule has 4 rings (SSSR count). The number of aromatic hydroxyl groups is 2. The van der Waals surface area contributed by atoms with Gasteiger partial charge in [-0.15, -0.1) is 0 Å². The fraction of sp³-hybridized carbons (Fsp3) is 0. The summed E-state index contributed by atoms with van der Waals surface area (Å²) in [6.07, 6.45) is 0. The van der Waals surface area contributed by atoms with Crippen molar-refractivity contribution in [2.24, 2.45) is 0 Å². The van der Waals surface area contributed by atoms with E-state index in [1.807, 2.05) is 0 Å². The molecular weight excluding hydrogens is 355 g/mol. The maximum atomic E-state index is 12.6. The lowest BCUT2D eigenvalue weighted by Crippen LogP contribution is -1.96. The molecule has 0 atom stereocenters. The second-order valence-corrected chi connectivity index (χ2v) is 5.98. The number of phenols is 2. The Hall–Kier alpha value is -2.63. The smallest absolute Gasteiger partial charge is 0.263 e. The number of carbonyl (C=O) groups is 1. The molecule has 0 fully saturated rings. The van der Waals surface area contributed by atoms with Crippen molar-refractivity contribution in [1.82, 2.24) is 0 Å². The number of furan rings is 2. The van der Waals surface area contributed by atoms with Crippen LogP contribution in [0.5, 0.6) is 11.5 Å². The van der Waals surface area contributed by atoms with Gasteiger partial charge in [-0.1, -0.05) is 23.2 Å². The number of ketones is 1. The topological polar surface area (TPSA) is 83.8 Å². The van der Waals surface area contributed by atoms with Crippen molar-refractivity contribution < 1.29 is 23.8 Å². The van der Waals surface area contributed by atoms with E-state index in [1.165, 1.54) is 36.4 Å². The Morgan fingerprint density at radius 1 is 0.792 bits per heavy atom. The van der Waals surface area contributed by atoms with Crippen LogP contribution in [-0.4, -0.2) is 16.0 Å². The number of hydrogen-bond acceptors (Lipinski definition) is 5. The molecule has 2 heterocycles. The van der Waals surface area contributed by atoms with Gasteiger partial charge < -0.3 is 19.0 Å². The van der Waals surface area contributed by atoms with Crippen molar-refractivity contribution in [1.29, 1.82) is 0 Å². The van der Waals surface area contributed by atoms with Gasteiger partial charge in [0.15, 0.2) is 34.2 Å². The largest absolute Gasteiger partial charge is 0.504 e. The average molecular weight is 363 g/mol. The number of fused-ring (bicyclic) bond motifs is 2. The van der Waals surface area contributed by atoms with Gasteiger partial charge in [-0.2, -0.15) is 0 Å². The van der Waals surface area contributed by atoms with Crippen molar-refractivity contribution >= 4 is 50.9 Å². The molecule has 0 aliphatic heterocycles. The Labute approximate surface area is 144 Å². The lowest BCUT2D eigenvalue weighted by Gasteiger charge is -1.94. The van der Waals surface area contributed by atoms with Gasteiger partial charge in [0.05, 0.1) is 10.0 Å². The summed E-state index contributed by atoms with van der Waals surface area (Å²) in [6.45, 7) is 0. The molecule has 24 heavy (non-hydrogen) atoms. The van der Waals surface area contributed by atoms with Crippen molar-refractivity contribution in [2.45, 2.75) is 0 Å². The summed E-state index contributed by atoms with van der Waals surface area (Å²) < 4.78 is 10.8. The third-order valence-corrected chi connectivity index (χ3v) is 4.33. The molecule has 0 radical (unpaired) electrons. The first-order valence-corrected chi connectivity index (χ1v) is 7.58. The molecule has 5 nitrogen and oxygen atoms in total. The highest BCUT2D eigenvalue weighted by Crippen LogP contribution is 2.36. The van der Waals surface area contributed by atoms with Gasteiger partial charge >= 0.3 is 0 Å². The van der Waals surface area contributed by atoms with Gasteiger partial charge in [-0.3, -0.25) is 4.79 Å². The Morgan fingerprint density at radius 3 is 1.58 bits per heavy atom. The molecule has 0 unspecified atom stereocenters. The van der Waals surface area contributed by atoms with Crippen LogP contribution in [0.4, 0.5) is 0 Å². The first-order valence-electron chi connectivity index (χ1n) is 6.82. The summed E-state index contributed by atoms with van der Waals surface area (Å²) in [5.41, 5.74) is 0.227. The zero-order chi connectivity index (χ0) is 17.0. The Bertz CT molecular complexity index is 957. The average Bonchev–Trinajstić information content (AvgIpc) is 3.20. The van der Waals surface area contributed by atoms with Gasteiger partial charge in [-0.25, -0.2) is 0 Å². The molecule has 0 amide bonds. The van der Waals surface area contributed by atoms with Crippen molar-refractivity contribution in [3.05, 3.63) is 58.0 Å². The molecule has 0 saturated carbocycles. The molecule has 2 aromatic carbocycles. The molecule has 2 N–H and O–H groups in total. The zero-order valence-corrected chi connectivity index (χ0v) is 13.4. The van der Waals surface area contributed by atoms with Crippen molar-refractivity contribution in [2.75, 3.05) is 0 Å². The molecule has 0 bridgehead atoms. The minimum absolute atomic E-state index is 0.0527. The fourth-order valence-corrected chi connectivity index (χ4v) is 2.90. The SMILES string of the molecule is O=C(c1cc2c(Cl)ccc(O)c2o1)c1cc2c(Cl)ccc(O)c2o1. The van der Waals surface area contributed by atoms with Gasteiger partial charge in [-0.05, 0) is 36.4 Å². The highest BCUT2D eigenvalue weighted by molar-refractivity contribution is 6.36. The monoisotopic (exact) mass is 362 g/mol. The Balaban J connectivity index is 1.87. The maximum Gasteiger partial charge on any atom is 0.263 e. The van der Waals surface area contributed by atoms with E-state index in [4.69, 9.17) is 32.0 Å². The number of phenolic OH excluding ortho intramolecular Hbond substituents is 2. The minimum atomic E-state index is -0.562. The zero-order valence-electron chi connectivity index (χ0n) is 11.8. The number of benzene rings is 2. The number of rotatable bonds is 2. The first kappa shape index (κ1) is 14.9. The molecule has 120 valence electrons. The third kappa shape index (κ3) is 2.13. The Kier molecular flexibility index (Phi) is 3.23. The van der Waals surface area contributed by atoms with E-state index in [1.54, 1.807) is 0 Å². The standard InChI is InChI=1S/C17H8Cl2O5/c18-9-1-3-11(20)16-7(9)5-13(23-16)15(22)14-6-8-10(19)2-4-12(21)17(8)24-14/h1-6,20-21H. The van der Waals surface area contributed by atoms with Crippen LogP contribution in [0.2, 0.25) is 10.0 Å². The van der Waals surface area contributed by atoms with Crippen LogP contribution in [0, 0.1) is 0 Å². The summed E-state index contributed by atoms with van der Waals surface area (Å²) >= 11 is 12.1. The predicted molar refractivity (Wildman–Crippen MR) is 89.2 cm³/mol. The molecular formula is C17H8Cl2O5. The van der Waals surface area contributed by atoms with Crippen LogP contribution < -0.4 is 0 Å². The van der Waals surface area contributed by atoms with Gasteiger partial charge in [0, 0.05) is 10.8 Å². The maximum absolute atomic E-state index is 12.6. The van der Waals surface area contributed by atoms with Gasteiger partial charge in [0.25, 0.3) is 5.78 Å². The van der Waals surface area contributed by atoms with Crippen LogP contribution in [0.25, 0.3) is 21.9 Å². The molecule has 0 aliphatic rings. The molecule has 2 aromatic heterocycles. The van der Waals surface area contributed by atoms with Crippen LogP contribution in [0.3, 0.4) is 0 Å². The molecule has 0 spiro atoms. The normalized spacial score (nSPS) is 11.4. The molecule has 0 aliphatic carbocycles. The van der Waals surface area contributed by atoms with E-state index in [-0.39, 0.29) is 34.2 Å². The predicted octanol–water partition coefficient (Wildman–Crippen LogP) is 5.13. The van der Waals surface area contributed by atoms with E-state index in [2.05, 4.69) is 0 Å².